The van der Waals surface area contributed by atoms with Crippen LogP contribution in [-0.4, -0.2) is 81.9 Å². The van der Waals surface area contributed by atoms with E-state index in [4.69, 9.17) is 14.2 Å². The molecule has 0 bridgehead atoms. The second-order valence-corrected chi connectivity index (χ2v) is 9.98. The van der Waals surface area contributed by atoms with Gasteiger partial charge in [0, 0.05) is 31.2 Å². The van der Waals surface area contributed by atoms with Crippen LogP contribution in [0.25, 0.3) is 0 Å². The first-order chi connectivity index (χ1) is 16.4. The molecule has 35 heavy (non-hydrogen) atoms. The molecule has 0 atom stereocenters. The summed E-state index contributed by atoms with van der Waals surface area (Å²) in [4.78, 5) is 39.9. The Morgan fingerprint density at radius 1 is 0.886 bits per heavy atom. The van der Waals surface area contributed by atoms with Gasteiger partial charge in [-0.15, -0.1) is 0 Å². The molecular weight excluding hydrogens is 452 g/mol. The van der Waals surface area contributed by atoms with Gasteiger partial charge in [0.2, 0.25) is 0 Å². The number of carbonyl (C=O) groups excluding carboxylic acids is 3. The summed E-state index contributed by atoms with van der Waals surface area (Å²) in [6.07, 6.45) is 2.45. The summed E-state index contributed by atoms with van der Waals surface area (Å²) in [7, 11) is 6.78. The second kappa shape index (κ2) is 12.6. The molecule has 10 heteroatoms. The highest BCUT2D eigenvalue weighted by atomic mass is 16.6. The van der Waals surface area contributed by atoms with E-state index in [-0.39, 0.29) is 35.0 Å². The van der Waals surface area contributed by atoms with Crippen molar-refractivity contribution < 1.29 is 28.6 Å². The van der Waals surface area contributed by atoms with Crippen LogP contribution in [0.2, 0.25) is 0 Å². The molecular formula is C25H40N4O6. The molecule has 1 fully saturated rings. The Kier molecular flexibility index (Phi) is 10.2. The van der Waals surface area contributed by atoms with Crippen molar-refractivity contribution in [3.63, 3.8) is 0 Å². The molecule has 1 aliphatic rings. The molecule has 0 unspecified atom stereocenters. The number of ether oxygens (including phenoxy) is 3. The Balaban J connectivity index is 2.03. The van der Waals surface area contributed by atoms with Crippen LogP contribution in [0.1, 0.15) is 67.2 Å². The van der Waals surface area contributed by atoms with E-state index in [2.05, 4.69) is 16.0 Å². The summed E-state index contributed by atoms with van der Waals surface area (Å²) in [6, 6.07) is 3.01. The molecule has 1 aromatic rings. The molecule has 2 rings (SSSR count). The topological polar surface area (TPSA) is 118 Å². The zero-order valence-electron chi connectivity index (χ0n) is 21.9. The predicted molar refractivity (Wildman–Crippen MR) is 133 cm³/mol. The fraction of sp³-hybridized carbons (Fsp3) is 0.640. The molecule has 0 spiro atoms. The van der Waals surface area contributed by atoms with E-state index in [1.165, 1.54) is 20.3 Å². The third-order valence-electron chi connectivity index (χ3n) is 5.64. The summed E-state index contributed by atoms with van der Waals surface area (Å²) in [5.41, 5.74) is -0.0167. The van der Waals surface area contributed by atoms with E-state index in [1.54, 1.807) is 6.07 Å². The Bertz CT molecular complexity index is 889. The lowest BCUT2D eigenvalue weighted by Gasteiger charge is -2.30. The minimum atomic E-state index is -0.547. The normalized spacial score (nSPS) is 17.9. The molecule has 3 amide bonds. The molecule has 1 saturated carbocycles. The Morgan fingerprint density at radius 2 is 1.40 bits per heavy atom. The monoisotopic (exact) mass is 492 g/mol. The number of alkyl carbamates (subject to hydrolysis) is 1. The number of rotatable bonds is 9. The Hall–Kier alpha value is -3.01. The predicted octanol–water partition coefficient (Wildman–Crippen LogP) is 2.56. The Labute approximate surface area is 208 Å². The average molecular weight is 493 g/mol. The number of likely N-dealkylation sites (N-methyl/N-ethyl adjacent to an activating group) is 1. The van der Waals surface area contributed by atoms with Crippen molar-refractivity contribution in [3.05, 3.63) is 23.3 Å². The maximum atomic E-state index is 13.1. The van der Waals surface area contributed by atoms with Gasteiger partial charge in [0.1, 0.15) is 17.1 Å². The van der Waals surface area contributed by atoms with Crippen molar-refractivity contribution in [1.29, 1.82) is 0 Å². The van der Waals surface area contributed by atoms with Crippen LogP contribution < -0.4 is 25.4 Å². The zero-order chi connectivity index (χ0) is 26.2. The van der Waals surface area contributed by atoms with Crippen molar-refractivity contribution in [3.8, 4) is 11.5 Å². The first kappa shape index (κ1) is 28.2. The van der Waals surface area contributed by atoms with E-state index in [9.17, 15) is 14.4 Å². The van der Waals surface area contributed by atoms with Crippen molar-refractivity contribution in [2.75, 3.05) is 41.4 Å². The molecule has 1 aliphatic carbocycles. The maximum Gasteiger partial charge on any atom is 0.407 e. The van der Waals surface area contributed by atoms with Crippen molar-refractivity contribution in [2.24, 2.45) is 0 Å². The van der Waals surface area contributed by atoms with E-state index in [0.717, 1.165) is 12.8 Å². The van der Waals surface area contributed by atoms with Crippen LogP contribution in [0.4, 0.5) is 4.79 Å². The van der Waals surface area contributed by atoms with Crippen LogP contribution >= 0.6 is 0 Å². The third-order valence-corrected chi connectivity index (χ3v) is 5.64. The smallest absolute Gasteiger partial charge is 0.407 e. The third kappa shape index (κ3) is 8.93. The lowest BCUT2D eigenvalue weighted by molar-refractivity contribution is 0.0487. The molecule has 0 heterocycles. The quantitative estimate of drug-likeness (QED) is 0.485. The number of hydrogen-bond donors (Lipinski definition) is 3. The van der Waals surface area contributed by atoms with E-state index in [1.807, 2.05) is 39.8 Å². The minimum Gasteiger partial charge on any atom is -0.496 e. The number of amides is 3. The highest BCUT2D eigenvalue weighted by Crippen LogP contribution is 2.30. The number of nitrogens with zero attached hydrogens (tertiary/aromatic N) is 1. The molecule has 1 aromatic carbocycles. The second-order valence-electron chi connectivity index (χ2n) is 9.98. The maximum absolute atomic E-state index is 13.1. The van der Waals surface area contributed by atoms with E-state index < -0.39 is 11.7 Å². The first-order valence-corrected chi connectivity index (χ1v) is 11.9. The van der Waals surface area contributed by atoms with Gasteiger partial charge in [-0.3, -0.25) is 9.59 Å². The number of benzene rings is 1. The van der Waals surface area contributed by atoms with E-state index >= 15 is 0 Å². The van der Waals surface area contributed by atoms with Gasteiger partial charge in [0.05, 0.1) is 25.3 Å². The van der Waals surface area contributed by atoms with Crippen LogP contribution in [0.3, 0.4) is 0 Å². The zero-order valence-corrected chi connectivity index (χ0v) is 21.9. The number of carbonyl (C=O) groups is 3. The number of nitrogens with one attached hydrogen (secondary N) is 3. The van der Waals surface area contributed by atoms with Gasteiger partial charge in [-0.2, -0.15) is 0 Å². The van der Waals surface area contributed by atoms with Crippen molar-refractivity contribution >= 4 is 17.9 Å². The lowest BCUT2D eigenvalue weighted by atomic mass is 9.91. The highest BCUT2D eigenvalue weighted by Gasteiger charge is 2.27. The molecule has 0 radical (unpaired) electrons. The first-order valence-electron chi connectivity index (χ1n) is 11.9. The summed E-state index contributed by atoms with van der Waals surface area (Å²) >= 11 is 0. The largest absolute Gasteiger partial charge is 0.496 e. The summed E-state index contributed by atoms with van der Waals surface area (Å²) in [5.74, 6) is 0.00322. The van der Waals surface area contributed by atoms with Gasteiger partial charge in [0.15, 0.2) is 0 Å². The summed E-state index contributed by atoms with van der Waals surface area (Å²) < 4.78 is 16.1. The van der Waals surface area contributed by atoms with Gasteiger partial charge in [-0.25, -0.2) is 4.79 Å². The summed E-state index contributed by atoms with van der Waals surface area (Å²) in [6.45, 7) is 6.62. The van der Waals surface area contributed by atoms with E-state index in [0.29, 0.717) is 37.4 Å². The molecule has 10 nitrogen and oxygen atoms in total. The molecule has 0 aliphatic heterocycles. The minimum absolute atomic E-state index is 0.00555. The SMILES string of the molecule is COc1cc(OC)c(C(=O)NC2CCC(NC(=O)OC(C)(C)C)CC2)cc1C(=O)NCCN(C)C. The van der Waals surface area contributed by atoms with Gasteiger partial charge >= 0.3 is 6.09 Å². The summed E-state index contributed by atoms with van der Waals surface area (Å²) in [5, 5.41) is 8.79. The van der Waals surface area contributed by atoms with Crippen molar-refractivity contribution in [2.45, 2.75) is 64.1 Å². The average Bonchev–Trinajstić information content (AvgIpc) is 2.77. The molecule has 196 valence electrons. The fourth-order valence-electron chi connectivity index (χ4n) is 3.86. The highest BCUT2D eigenvalue weighted by molar-refractivity contribution is 6.03. The molecule has 3 N–H and O–H groups in total. The number of methoxy groups -OCH3 is 2. The van der Waals surface area contributed by atoms with Crippen LogP contribution in [0.15, 0.2) is 12.1 Å². The standard InChI is InChI=1S/C25H40N4O6/c1-25(2,3)35-24(32)28-17-10-8-16(9-11-17)27-23(31)19-14-18(20(33-6)15-21(19)34-7)22(30)26-12-13-29(4)5/h14-17H,8-13H2,1-7H3,(H,26,30)(H,27,31)(H,28,32). The fourth-order valence-corrected chi connectivity index (χ4v) is 3.86. The van der Waals surface area contributed by atoms with Crippen LogP contribution in [0.5, 0.6) is 11.5 Å². The van der Waals surface area contributed by atoms with Crippen molar-refractivity contribution in [1.82, 2.24) is 20.9 Å². The number of hydrogen-bond acceptors (Lipinski definition) is 7. The molecule has 0 aromatic heterocycles. The van der Waals surface area contributed by atoms with Crippen LogP contribution in [-0.2, 0) is 4.74 Å². The Morgan fingerprint density at radius 3 is 1.89 bits per heavy atom. The molecule has 0 saturated heterocycles. The van der Waals surface area contributed by atoms with Crippen LogP contribution in [0, 0.1) is 0 Å². The van der Waals surface area contributed by atoms with Gasteiger partial charge < -0.3 is 35.1 Å². The van der Waals surface area contributed by atoms with Gasteiger partial charge in [-0.05, 0) is 66.6 Å². The van der Waals surface area contributed by atoms with Gasteiger partial charge in [0.25, 0.3) is 11.8 Å². The lowest BCUT2D eigenvalue weighted by Crippen LogP contribution is -2.45. The van der Waals surface area contributed by atoms with Gasteiger partial charge in [-0.1, -0.05) is 0 Å².